The zero-order valence-corrected chi connectivity index (χ0v) is 20.1. The number of hydrogen-bond acceptors (Lipinski definition) is 8. The molecule has 2 aromatic heterocycles. The lowest BCUT2D eigenvalue weighted by atomic mass is 10.0. The molecule has 9 nitrogen and oxygen atoms in total. The molecule has 0 spiro atoms. The van der Waals surface area contributed by atoms with Crippen LogP contribution < -0.4 is 5.73 Å². The van der Waals surface area contributed by atoms with Gasteiger partial charge in [-0.05, 0) is 51.2 Å². The Morgan fingerprint density at radius 3 is 2.50 bits per heavy atom. The summed E-state index contributed by atoms with van der Waals surface area (Å²) in [5, 5.41) is 8.12. The van der Waals surface area contributed by atoms with Crippen LogP contribution in [0.2, 0.25) is 0 Å². The van der Waals surface area contributed by atoms with Crippen LogP contribution in [0.25, 0.3) is 34.3 Å². The summed E-state index contributed by atoms with van der Waals surface area (Å²) in [7, 11) is 4.07. The Labute approximate surface area is 210 Å². The maximum Gasteiger partial charge on any atom is 0.270 e. The Bertz CT molecular complexity index is 1390. The van der Waals surface area contributed by atoms with Crippen LogP contribution in [-0.2, 0) is 0 Å². The fourth-order valence-corrected chi connectivity index (χ4v) is 4.31. The summed E-state index contributed by atoms with van der Waals surface area (Å²) in [4.78, 5) is 25.5. The van der Waals surface area contributed by atoms with E-state index < -0.39 is 5.82 Å². The van der Waals surface area contributed by atoms with Crippen molar-refractivity contribution in [2.75, 3.05) is 32.9 Å². The second kappa shape index (κ2) is 9.82. The van der Waals surface area contributed by atoms with Crippen LogP contribution in [0.15, 0.2) is 59.1 Å². The topological polar surface area (TPSA) is 114 Å². The van der Waals surface area contributed by atoms with Gasteiger partial charge in [0.25, 0.3) is 11.8 Å². The Morgan fingerprint density at radius 2 is 1.81 bits per heavy atom. The molecule has 3 heterocycles. The third-order valence-corrected chi connectivity index (χ3v) is 6.43. The summed E-state index contributed by atoms with van der Waals surface area (Å²) in [6.45, 7) is 1.20. The molecular weight excluding hydrogens is 461 g/mol. The molecule has 1 aliphatic rings. The van der Waals surface area contributed by atoms with Crippen molar-refractivity contribution in [3.63, 3.8) is 0 Å². The van der Waals surface area contributed by atoms with E-state index in [1.807, 2.05) is 44.4 Å². The van der Waals surface area contributed by atoms with E-state index in [1.54, 1.807) is 11.0 Å². The smallest absolute Gasteiger partial charge is 0.270 e. The Balaban J connectivity index is 0.00000200. The van der Waals surface area contributed by atoms with E-state index in [1.165, 1.54) is 18.3 Å². The van der Waals surface area contributed by atoms with Gasteiger partial charge in [0.05, 0.1) is 17.5 Å². The average molecular weight is 492 g/mol. The van der Waals surface area contributed by atoms with Crippen LogP contribution >= 0.6 is 0 Å². The minimum atomic E-state index is -0.614. The van der Waals surface area contributed by atoms with Crippen LogP contribution in [0.5, 0.6) is 0 Å². The lowest BCUT2D eigenvalue weighted by Gasteiger charge is -2.35. The first-order chi connectivity index (χ1) is 17.4. The molecule has 0 bridgehead atoms. The number of halogens is 1. The average Bonchev–Trinajstić information content (AvgIpc) is 3.39. The quantitative estimate of drug-likeness (QED) is 0.441. The van der Waals surface area contributed by atoms with Crippen LogP contribution in [-0.4, -0.2) is 69.1 Å². The number of aromatic nitrogens is 4. The number of nitrogen functional groups attached to an aromatic ring is 1. The van der Waals surface area contributed by atoms with Gasteiger partial charge in [-0.1, -0.05) is 24.3 Å². The molecule has 0 saturated carbocycles. The zero-order chi connectivity index (χ0) is 25.2. The number of benzene rings is 2. The van der Waals surface area contributed by atoms with Crippen molar-refractivity contribution in [1.29, 1.82) is 0 Å². The summed E-state index contributed by atoms with van der Waals surface area (Å²) >= 11 is 0. The highest BCUT2D eigenvalue weighted by atomic mass is 19.1. The first-order valence-corrected chi connectivity index (χ1v) is 11.7. The fraction of sp³-hybridized carbons (Fsp3) is 0.269. The Hall–Kier alpha value is -4.18. The fourth-order valence-electron chi connectivity index (χ4n) is 4.31. The molecule has 1 saturated heterocycles. The van der Waals surface area contributed by atoms with Crippen molar-refractivity contribution < 1.29 is 16.5 Å². The minimum absolute atomic E-state index is 0. The highest BCUT2D eigenvalue weighted by molar-refractivity contribution is 5.95. The lowest BCUT2D eigenvalue weighted by Crippen LogP contribution is -2.44. The van der Waals surface area contributed by atoms with Gasteiger partial charge in [0, 0.05) is 33.1 Å². The van der Waals surface area contributed by atoms with Crippen LogP contribution in [0.4, 0.5) is 10.2 Å². The van der Waals surface area contributed by atoms with Gasteiger partial charge in [0.2, 0.25) is 5.89 Å². The number of hydrogen-bond donors (Lipinski definition) is 1. The summed E-state index contributed by atoms with van der Waals surface area (Å²) in [6.07, 6.45) is 3.17. The molecule has 10 heteroatoms. The van der Waals surface area contributed by atoms with Crippen molar-refractivity contribution in [3.8, 4) is 34.3 Å². The van der Waals surface area contributed by atoms with Gasteiger partial charge in [-0.15, -0.1) is 10.2 Å². The molecule has 188 valence electrons. The standard InChI is InChI=1S/C26H26FN7O2.2H2/c1-33(2)18-10-12-34(13-11-18)26(35)19-9-8-17(14-20(19)27)21-15-29-23(28)22(30-21)25-32-31-24(36-25)16-6-4-3-5-7-16;;/h3-9,14-15,18H,10-13H2,1-2H3,(H2,28,29);2*1H. The van der Waals surface area contributed by atoms with Crippen molar-refractivity contribution in [3.05, 3.63) is 66.1 Å². The molecule has 0 aliphatic carbocycles. The third-order valence-electron chi connectivity index (χ3n) is 6.43. The predicted octanol–water partition coefficient (Wildman–Crippen LogP) is 4.24. The van der Waals surface area contributed by atoms with Gasteiger partial charge < -0.3 is 20.0 Å². The summed E-state index contributed by atoms with van der Waals surface area (Å²) in [5.41, 5.74) is 7.83. The van der Waals surface area contributed by atoms with E-state index in [2.05, 4.69) is 25.1 Å². The molecule has 1 amide bonds. The third kappa shape index (κ3) is 4.67. The van der Waals surface area contributed by atoms with E-state index in [9.17, 15) is 4.79 Å². The first-order valence-electron chi connectivity index (χ1n) is 11.7. The van der Waals surface area contributed by atoms with Gasteiger partial charge in [-0.2, -0.15) is 0 Å². The van der Waals surface area contributed by atoms with Gasteiger partial charge in [-0.25, -0.2) is 14.4 Å². The zero-order valence-electron chi connectivity index (χ0n) is 20.1. The molecule has 2 aromatic carbocycles. The highest BCUT2D eigenvalue weighted by Gasteiger charge is 2.26. The van der Waals surface area contributed by atoms with Gasteiger partial charge in [0.1, 0.15) is 5.82 Å². The summed E-state index contributed by atoms with van der Waals surface area (Å²) in [6, 6.07) is 14.2. The van der Waals surface area contributed by atoms with Crippen LogP contribution in [0.1, 0.15) is 26.1 Å². The number of nitrogens with zero attached hydrogens (tertiary/aromatic N) is 6. The number of carbonyl (C=O) groups is 1. The first kappa shape index (κ1) is 23.6. The number of likely N-dealkylation sites (tertiary alicyclic amines) is 1. The number of amides is 1. The molecular formula is C26H30FN7O2. The maximum atomic E-state index is 15.1. The monoisotopic (exact) mass is 491 g/mol. The molecule has 1 aliphatic heterocycles. The van der Waals surface area contributed by atoms with Gasteiger partial charge >= 0.3 is 0 Å². The number of rotatable bonds is 5. The van der Waals surface area contributed by atoms with E-state index in [-0.39, 0.29) is 31.7 Å². The Morgan fingerprint density at radius 1 is 1.08 bits per heavy atom. The molecule has 0 radical (unpaired) electrons. The second-order valence-electron chi connectivity index (χ2n) is 8.95. The summed E-state index contributed by atoms with van der Waals surface area (Å²) < 4.78 is 20.8. The largest absolute Gasteiger partial charge is 0.414 e. The number of piperidine rings is 1. The van der Waals surface area contributed by atoms with E-state index in [4.69, 9.17) is 10.2 Å². The van der Waals surface area contributed by atoms with Crippen molar-refractivity contribution in [1.82, 2.24) is 30.0 Å². The minimum Gasteiger partial charge on any atom is -0.414 e. The summed E-state index contributed by atoms with van der Waals surface area (Å²) in [5.74, 6) is -0.388. The van der Waals surface area contributed by atoms with Crippen molar-refractivity contribution in [2.24, 2.45) is 0 Å². The normalized spacial score (nSPS) is 14.4. The number of nitrogens with two attached hydrogens (primary N) is 1. The molecule has 0 atom stereocenters. The Kier molecular flexibility index (Phi) is 6.43. The van der Waals surface area contributed by atoms with E-state index in [0.29, 0.717) is 36.3 Å². The van der Waals surface area contributed by atoms with E-state index in [0.717, 1.165) is 18.4 Å². The number of carbonyl (C=O) groups excluding carboxylic acids is 1. The number of anilines is 1. The lowest BCUT2D eigenvalue weighted by molar-refractivity contribution is 0.0658. The van der Waals surface area contributed by atoms with Crippen molar-refractivity contribution in [2.45, 2.75) is 18.9 Å². The molecule has 36 heavy (non-hydrogen) atoms. The highest BCUT2D eigenvalue weighted by Crippen LogP contribution is 2.29. The van der Waals surface area contributed by atoms with Crippen LogP contribution in [0, 0.1) is 5.82 Å². The molecule has 1 fully saturated rings. The van der Waals surface area contributed by atoms with E-state index >= 15 is 4.39 Å². The molecule has 0 unspecified atom stereocenters. The molecule has 5 rings (SSSR count). The van der Waals surface area contributed by atoms with Crippen LogP contribution in [0.3, 0.4) is 0 Å². The maximum absolute atomic E-state index is 15.1. The molecule has 2 N–H and O–H groups in total. The second-order valence-corrected chi connectivity index (χ2v) is 8.95. The van der Waals surface area contributed by atoms with Gasteiger partial charge in [0.15, 0.2) is 11.5 Å². The molecule has 4 aromatic rings. The van der Waals surface area contributed by atoms with Crippen molar-refractivity contribution >= 4 is 11.7 Å². The SMILES string of the molecule is CN(C)C1CCN(C(=O)c2ccc(-c3cnc(N)c(-c4nnc(-c5ccccc5)o4)n3)cc2F)CC1.[HH].[HH]. The predicted molar refractivity (Wildman–Crippen MR) is 137 cm³/mol. The van der Waals surface area contributed by atoms with Gasteiger partial charge in [-0.3, -0.25) is 4.79 Å².